The van der Waals surface area contributed by atoms with E-state index in [-0.39, 0.29) is 0 Å². The van der Waals surface area contributed by atoms with Crippen molar-refractivity contribution in [3.63, 3.8) is 0 Å². The van der Waals surface area contributed by atoms with Crippen molar-refractivity contribution in [3.8, 4) is 0 Å². The second kappa shape index (κ2) is 7.28. The molecule has 0 radical (unpaired) electrons. The summed E-state index contributed by atoms with van der Waals surface area (Å²) >= 11 is 5.90. The Morgan fingerprint density at radius 1 is 1.21 bits per heavy atom. The third-order valence-electron chi connectivity index (χ3n) is 3.17. The van der Waals surface area contributed by atoms with Gasteiger partial charge in [0, 0.05) is 18.1 Å². The molecule has 0 aliphatic carbocycles. The number of rotatable bonds is 6. The highest BCUT2D eigenvalue weighted by atomic mass is 35.5. The fraction of sp³-hybridized carbons (Fsp3) is 0.625. The summed E-state index contributed by atoms with van der Waals surface area (Å²) in [6.45, 7) is 9.55. The fourth-order valence-corrected chi connectivity index (χ4v) is 2.62. The number of nitrogens with two attached hydrogens (primary N) is 1. The van der Waals surface area contributed by atoms with Crippen molar-refractivity contribution >= 4 is 11.6 Å². The molecule has 3 heteroatoms. The predicted octanol–water partition coefficient (Wildman–Crippen LogP) is 3.78. The Bertz CT molecular complexity index is 367. The smallest absolute Gasteiger partial charge is 0.0406 e. The van der Waals surface area contributed by atoms with Crippen LogP contribution < -0.4 is 5.73 Å². The van der Waals surface area contributed by atoms with Crippen LogP contribution in [-0.4, -0.2) is 25.0 Å². The van der Waals surface area contributed by atoms with Crippen molar-refractivity contribution in [2.45, 2.75) is 33.7 Å². The van der Waals surface area contributed by atoms with Crippen LogP contribution in [-0.2, 0) is 6.54 Å². The van der Waals surface area contributed by atoms with Crippen LogP contribution in [0, 0.1) is 11.3 Å². The standard InChI is InChI=1S/C16H27ClN2/c1-16(2,3)9-14(10-18)12-19(4)11-13-5-7-15(17)8-6-13/h5-8,14H,9-12,18H2,1-4H3. The van der Waals surface area contributed by atoms with Crippen molar-refractivity contribution in [1.29, 1.82) is 0 Å². The maximum Gasteiger partial charge on any atom is 0.0406 e. The van der Waals surface area contributed by atoms with Crippen LogP contribution in [0.2, 0.25) is 5.02 Å². The molecule has 0 spiro atoms. The summed E-state index contributed by atoms with van der Waals surface area (Å²) in [5.74, 6) is 0.553. The maximum atomic E-state index is 5.90. The maximum absolute atomic E-state index is 5.90. The number of benzene rings is 1. The molecular weight excluding hydrogens is 256 g/mol. The van der Waals surface area contributed by atoms with Crippen LogP contribution >= 0.6 is 11.6 Å². The Balaban J connectivity index is 2.49. The zero-order valence-electron chi connectivity index (χ0n) is 12.6. The Labute approximate surface area is 122 Å². The quantitative estimate of drug-likeness (QED) is 0.860. The lowest BCUT2D eigenvalue weighted by Crippen LogP contribution is -2.32. The Morgan fingerprint density at radius 3 is 2.26 bits per heavy atom. The molecular formula is C16H27ClN2. The Hall–Kier alpha value is -0.570. The fourth-order valence-electron chi connectivity index (χ4n) is 2.50. The summed E-state index contributed by atoms with van der Waals surface area (Å²) in [4.78, 5) is 2.34. The predicted molar refractivity (Wildman–Crippen MR) is 84.4 cm³/mol. The van der Waals surface area contributed by atoms with Crippen LogP contribution in [0.5, 0.6) is 0 Å². The Kier molecular flexibility index (Phi) is 6.31. The van der Waals surface area contributed by atoms with Crippen LogP contribution in [0.15, 0.2) is 24.3 Å². The molecule has 1 aromatic rings. The second-order valence-corrected chi connectivity index (χ2v) is 7.13. The molecule has 0 aromatic heterocycles. The minimum atomic E-state index is 0.338. The van der Waals surface area contributed by atoms with E-state index in [1.807, 2.05) is 12.1 Å². The van der Waals surface area contributed by atoms with Crippen molar-refractivity contribution in [2.75, 3.05) is 20.1 Å². The van der Waals surface area contributed by atoms with E-state index in [9.17, 15) is 0 Å². The molecule has 1 rings (SSSR count). The molecule has 1 unspecified atom stereocenters. The highest BCUT2D eigenvalue weighted by molar-refractivity contribution is 6.30. The van der Waals surface area contributed by atoms with Gasteiger partial charge in [-0.2, -0.15) is 0 Å². The highest BCUT2D eigenvalue weighted by Gasteiger charge is 2.19. The van der Waals surface area contributed by atoms with E-state index < -0.39 is 0 Å². The average Bonchev–Trinajstić information content (AvgIpc) is 2.29. The third kappa shape index (κ3) is 6.95. The normalized spacial score (nSPS) is 13.8. The molecule has 1 atom stereocenters. The first kappa shape index (κ1) is 16.5. The van der Waals surface area contributed by atoms with Crippen LogP contribution in [0.1, 0.15) is 32.8 Å². The highest BCUT2D eigenvalue weighted by Crippen LogP contribution is 2.24. The van der Waals surface area contributed by atoms with Crippen molar-refractivity contribution in [1.82, 2.24) is 4.90 Å². The molecule has 2 N–H and O–H groups in total. The molecule has 0 bridgehead atoms. The summed E-state index contributed by atoms with van der Waals surface area (Å²) < 4.78 is 0. The molecule has 0 aliphatic rings. The SMILES string of the molecule is CN(Cc1ccc(Cl)cc1)CC(CN)CC(C)(C)C. The summed E-state index contributed by atoms with van der Waals surface area (Å²) in [5.41, 5.74) is 7.53. The first-order valence-electron chi connectivity index (χ1n) is 6.93. The van der Waals surface area contributed by atoms with Gasteiger partial charge < -0.3 is 10.6 Å². The molecule has 0 amide bonds. The average molecular weight is 283 g/mol. The summed E-state index contributed by atoms with van der Waals surface area (Å²) in [6.07, 6.45) is 1.16. The number of halogens is 1. The van der Waals surface area contributed by atoms with Gasteiger partial charge in [-0.25, -0.2) is 0 Å². The molecule has 0 saturated heterocycles. The minimum Gasteiger partial charge on any atom is -0.330 e. The number of hydrogen-bond acceptors (Lipinski definition) is 2. The largest absolute Gasteiger partial charge is 0.330 e. The van der Waals surface area contributed by atoms with E-state index in [2.05, 4.69) is 44.9 Å². The van der Waals surface area contributed by atoms with Gasteiger partial charge in [0.15, 0.2) is 0 Å². The molecule has 2 nitrogen and oxygen atoms in total. The molecule has 0 heterocycles. The van der Waals surface area contributed by atoms with E-state index in [0.717, 1.165) is 31.1 Å². The summed E-state index contributed by atoms with van der Waals surface area (Å²) in [5, 5.41) is 0.791. The van der Waals surface area contributed by atoms with Gasteiger partial charge in [-0.1, -0.05) is 44.5 Å². The van der Waals surface area contributed by atoms with Gasteiger partial charge in [-0.15, -0.1) is 0 Å². The van der Waals surface area contributed by atoms with Gasteiger partial charge in [0.05, 0.1) is 0 Å². The zero-order valence-corrected chi connectivity index (χ0v) is 13.4. The minimum absolute atomic E-state index is 0.338. The van der Waals surface area contributed by atoms with Crippen LogP contribution in [0.3, 0.4) is 0 Å². The van der Waals surface area contributed by atoms with E-state index in [1.165, 1.54) is 5.56 Å². The van der Waals surface area contributed by atoms with Crippen molar-refractivity contribution in [3.05, 3.63) is 34.9 Å². The van der Waals surface area contributed by atoms with Crippen LogP contribution in [0.4, 0.5) is 0 Å². The monoisotopic (exact) mass is 282 g/mol. The number of nitrogens with zero attached hydrogens (tertiary/aromatic N) is 1. The van der Waals surface area contributed by atoms with E-state index in [0.29, 0.717) is 11.3 Å². The third-order valence-corrected chi connectivity index (χ3v) is 3.42. The lowest BCUT2D eigenvalue weighted by atomic mass is 9.84. The number of hydrogen-bond donors (Lipinski definition) is 1. The zero-order chi connectivity index (χ0) is 14.5. The van der Waals surface area contributed by atoms with E-state index >= 15 is 0 Å². The second-order valence-electron chi connectivity index (χ2n) is 6.69. The van der Waals surface area contributed by atoms with Gasteiger partial charge in [0.1, 0.15) is 0 Å². The van der Waals surface area contributed by atoms with Crippen molar-refractivity contribution < 1.29 is 0 Å². The van der Waals surface area contributed by atoms with Gasteiger partial charge in [0.25, 0.3) is 0 Å². The molecule has 108 valence electrons. The van der Waals surface area contributed by atoms with E-state index in [4.69, 9.17) is 17.3 Å². The van der Waals surface area contributed by atoms with E-state index in [1.54, 1.807) is 0 Å². The van der Waals surface area contributed by atoms with Gasteiger partial charge in [-0.3, -0.25) is 0 Å². The van der Waals surface area contributed by atoms with Gasteiger partial charge >= 0.3 is 0 Å². The molecule has 0 fully saturated rings. The summed E-state index contributed by atoms with van der Waals surface area (Å²) in [6, 6.07) is 8.06. The van der Waals surface area contributed by atoms with Crippen molar-refractivity contribution in [2.24, 2.45) is 17.1 Å². The van der Waals surface area contributed by atoms with Gasteiger partial charge in [0.2, 0.25) is 0 Å². The first-order chi connectivity index (χ1) is 8.80. The lowest BCUT2D eigenvalue weighted by Gasteiger charge is -2.28. The lowest BCUT2D eigenvalue weighted by molar-refractivity contribution is 0.216. The summed E-state index contributed by atoms with van der Waals surface area (Å²) in [7, 11) is 2.15. The molecule has 19 heavy (non-hydrogen) atoms. The molecule has 0 aliphatic heterocycles. The first-order valence-corrected chi connectivity index (χ1v) is 7.31. The Morgan fingerprint density at radius 2 is 1.79 bits per heavy atom. The molecule has 1 aromatic carbocycles. The molecule has 0 saturated carbocycles. The topological polar surface area (TPSA) is 29.3 Å². The van der Waals surface area contributed by atoms with Gasteiger partial charge in [-0.05, 0) is 49.0 Å². The van der Waals surface area contributed by atoms with Crippen LogP contribution in [0.25, 0.3) is 0 Å².